The number of nitrogens with one attached hydrogen (secondary N) is 1. The van der Waals surface area contributed by atoms with Gasteiger partial charge in [-0.25, -0.2) is 0 Å². The van der Waals surface area contributed by atoms with Gasteiger partial charge in [-0.15, -0.1) is 0 Å². The molecule has 206 valence electrons. The SMILES string of the molecule is COc1ccc2c(c1)c1c(cnn1CC(=O)NCCN(C)C1CCCCC1)c(=O)n2CC(=O)OC(C)(C)C. The van der Waals surface area contributed by atoms with Gasteiger partial charge in [0.05, 0.1) is 29.7 Å². The lowest BCUT2D eigenvalue weighted by Crippen LogP contribution is -2.40. The van der Waals surface area contributed by atoms with Gasteiger partial charge in [-0.1, -0.05) is 19.3 Å². The average Bonchev–Trinajstić information content (AvgIpc) is 3.29. The Kier molecular flexibility index (Phi) is 8.40. The molecular weight excluding hydrogens is 486 g/mol. The molecule has 1 N–H and O–H groups in total. The van der Waals surface area contributed by atoms with E-state index in [-0.39, 0.29) is 24.6 Å². The van der Waals surface area contributed by atoms with E-state index in [9.17, 15) is 14.4 Å². The van der Waals surface area contributed by atoms with E-state index in [4.69, 9.17) is 9.47 Å². The third kappa shape index (κ3) is 6.35. The summed E-state index contributed by atoms with van der Waals surface area (Å²) in [4.78, 5) is 41.2. The summed E-state index contributed by atoms with van der Waals surface area (Å²) in [6.07, 6.45) is 7.73. The van der Waals surface area contributed by atoms with Crippen LogP contribution in [0.5, 0.6) is 5.75 Å². The highest BCUT2D eigenvalue weighted by atomic mass is 16.6. The molecule has 1 saturated carbocycles. The first kappa shape index (κ1) is 27.6. The van der Waals surface area contributed by atoms with E-state index in [0.717, 1.165) is 6.54 Å². The molecule has 10 nitrogen and oxygen atoms in total. The largest absolute Gasteiger partial charge is 0.497 e. The Labute approximate surface area is 222 Å². The van der Waals surface area contributed by atoms with E-state index >= 15 is 0 Å². The van der Waals surface area contributed by atoms with Crippen LogP contribution in [0.4, 0.5) is 0 Å². The second kappa shape index (κ2) is 11.6. The molecule has 10 heteroatoms. The van der Waals surface area contributed by atoms with E-state index in [1.54, 1.807) is 46.1 Å². The summed E-state index contributed by atoms with van der Waals surface area (Å²) < 4.78 is 13.8. The fraction of sp³-hybridized carbons (Fsp3) is 0.571. The maximum absolute atomic E-state index is 13.5. The number of rotatable bonds is 9. The normalized spacial score (nSPS) is 14.8. The Balaban J connectivity index is 1.57. The van der Waals surface area contributed by atoms with E-state index < -0.39 is 11.6 Å². The third-order valence-corrected chi connectivity index (χ3v) is 7.05. The number of likely N-dealkylation sites (N-methyl/N-ethyl adjacent to an activating group) is 1. The molecule has 2 heterocycles. The van der Waals surface area contributed by atoms with Crippen LogP contribution >= 0.6 is 0 Å². The molecule has 0 aliphatic heterocycles. The zero-order valence-corrected chi connectivity index (χ0v) is 23.1. The van der Waals surface area contributed by atoms with Gasteiger partial charge < -0.3 is 19.7 Å². The number of hydrogen-bond acceptors (Lipinski definition) is 7. The molecular formula is C28H39N5O5. The summed E-state index contributed by atoms with van der Waals surface area (Å²) in [5, 5.41) is 8.34. The Morgan fingerprint density at radius 1 is 1.13 bits per heavy atom. The fourth-order valence-electron chi connectivity index (χ4n) is 5.20. The fourth-order valence-corrected chi connectivity index (χ4v) is 5.20. The Hall–Kier alpha value is -3.40. The smallest absolute Gasteiger partial charge is 0.326 e. The zero-order chi connectivity index (χ0) is 27.4. The molecule has 0 atom stereocenters. The maximum Gasteiger partial charge on any atom is 0.326 e. The van der Waals surface area contributed by atoms with Crippen molar-refractivity contribution < 1.29 is 19.1 Å². The molecule has 0 unspecified atom stereocenters. The summed E-state index contributed by atoms with van der Waals surface area (Å²) in [7, 11) is 3.68. The number of benzene rings is 1. The van der Waals surface area contributed by atoms with E-state index in [0.29, 0.717) is 40.1 Å². The average molecular weight is 526 g/mol. The number of aromatic nitrogens is 3. The number of pyridine rings is 1. The number of hydrogen-bond donors (Lipinski definition) is 1. The summed E-state index contributed by atoms with van der Waals surface area (Å²) >= 11 is 0. The lowest BCUT2D eigenvalue weighted by atomic mass is 9.94. The van der Waals surface area contributed by atoms with Crippen molar-refractivity contribution in [2.24, 2.45) is 0 Å². The van der Waals surface area contributed by atoms with Crippen LogP contribution in [0, 0.1) is 0 Å². The number of amides is 1. The van der Waals surface area contributed by atoms with Gasteiger partial charge in [0, 0.05) is 24.5 Å². The number of ether oxygens (including phenoxy) is 2. The molecule has 0 bridgehead atoms. The predicted octanol–water partition coefficient (Wildman–Crippen LogP) is 3.08. The molecule has 1 aliphatic carbocycles. The molecule has 0 spiro atoms. The van der Waals surface area contributed by atoms with Crippen LogP contribution in [-0.2, 0) is 27.4 Å². The van der Waals surface area contributed by atoms with Gasteiger partial charge >= 0.3 is 5.97 Å². The van der Waals surface area contributed by atoms with Gasteiger partial charge in [0.15, 0.2) is 0 Å². The third-order valence-electron chi connectivity index (χ3n) is 7.05. The molecule has 2 aromatic heterocycles. The first-order valence-electron chi connectivity index (χ1n) is 13.3. The Morgan fingerprint density at radius 2 is 1.87 bits per heavy atom. The van der Waals surface area contributed by atoms with Crippen LogP contribution in [-0.4, -0.2) is 70.0 Å². The zero-order valence-electron chi connectivity index (χ0n) is 23.1. The molecule has 3 aromatic rings. The lowest BCUT2D eigenvalue weighted by Gasteiger charge is -2.31. The van der Waals surface area contributed by atoms with Crippen molar-refractivity contribution in [3.8, 4) is 5.75 Å². The molecule has 0 radical (unpaired) electrons. The molecule has 1 amide bonds. The Bertz CT molecular complexity index is 1360. The van der Waals surface area contributed by atoms with Crippen LogP contribution < -0.4 is 15.6 Å². The molecule has 0 saturated heterocycles. The van der Waals surface area contributed by atoms with E-state index in [2.05, 4.69) is 22.4 Å². The van der Waals surface area contributed by atoms with Gasteiger partial charge in [-0.3, -0.25) is 23.6 Å². The molecule has 1 aromatic carbocycles. The first-order valence-corrected chi connectivity index (χ1v) is 13.3. The predicted molar refractivity (Wildman–Crippen MR) is 146 cm³/mol. The monoisotopic (exact) mass is 525 g/mol. The van der Waals surface area contributed by atoms with Crippen LogP contribution in [0.3, 0.4) is 0 Å². The minimum absolute atomic E-state index is 0.0293. The van der Waals surface area contributed by atoms with Crippen LogP contribution in [0.2, 0.25) is 0 Å². The van der Waals surface area contributed by atoms with Crippen molar-refractivity contribution in [1.82, 2.24) is 24.6 Å². The van der Waals surface area contributed by atoms with Crippen molar-refractivity contribution in [3.05, 3.63) is 34.7 Å². The minimum Gasteiger partial charge on any atom is -0.497 e. The van der Waals surface area contributed by atoms with E-state index in [1.165, 1.54) is 47.5 Å². The van der Waals surface area contributed by atoms with Crippen molar-refractivity contribution in [3.63, 3.8) is 0 Å². The number of nitrogens with zero attached hydrogens (tertiary/aromatic N) is 4. The van der Waals surface area contributed by atoms with Gasteiger partial charge in [-0.2, -0.15) is 5.10 Å². The lowest BCUT2D eigenvalue weighted by molar-refractivity contribution is -0.155. The summed E-state index contributed by atoms with van der Waals surface area (Å²) in [5.41, 5.74) is 0.0151. The van der Waals surface area contributed by atoms with E-state index in [1.807, 2.05) is 0 Å². The van der Waals surface area contributed by atoms with Crippen LogP contribution in [0.15, 0.2) is 29.2 Å². The quantitative estimate of drug-likeness (QED) is 0.428. The van der Waals surface area contributed by atoms with Crippen molar-refractivity contribution in [1.29, 1.82) is 0 Å². The molecule has 1 aliphatic rings. The number of fused-ring (bicyclic) bond motifs is 3. The summed E-state index contributed by atoms with van der Waals surface area (Å²) in [6, 6.07) is 5.84. The number of esters is 1. The minimum atomic E-state index is -0.673. The second-order valence-electron chi connectivity index (χ2n) is 11.0. The number of carbonyl (C=O) groups excluding carboxylic acids is 2. The number of carbonyl (C=O) groups is 2. The molecule has 38 heavy (non-hydrogen) atoms. The second-order valence-corrected chi connectivity index (χ2v) is 11.0. The van der Waals surface area contributed by atoms with Crippen LogP contribution in [0.1, 0.15) is 52.9 Å². The highest BCUT2D eigenvalue weighted by molar-refractivity contribution is 6.04. The standard InChI is InChI=1S/C28H39N5O5/c1-28(2,3)38-25(35)18-32-23-12-11-20(37-5)15-21(23)26-22(27(32)36)16-30-33(26)17-24(34)29-13-14-31(4)19-9-7-6-8-10-19/h11-12,15-16,19H,6-10,13-14,17-18H2,1-5H3,(H,29,34). The highest BCUT2D eigenvalue weighted by Crippen LogP contribution is 2.27. The van der Waals surface area contributed by atoms with Crippen molar-refractivity contribution in [2.45, 2.75) is 77.6 Å². The molecule has 4 rings (SSSR count). The molecule has 1 fully saturated rings. The maximum atomic E-state index is 13.5. The van der Waals surface area contributed by atoms with Crippen molar-refractivity contribution in [2.75, 3.05) is 27.2 Å². The Morgan fingerprint density at radius 3 is 2.55 bits per heavy atom. The number of methoxy groups -OCH3 is 1. The first-order chi connectivity index (χ1) is 18.1. The van der Waals surface area contributed by atoms with Crippen LogP contribution in [0.25, 0.3) is 21.8 Å². The highest BCUT2D eigenvalue weighted by Gasteiger charge is 2.22. The van der Waals surface area contributed by atoms with Gasteiger partial charge in [0.2, 0.25) is 5.91 Å². The van der Waals surface area contributed by atoms with Gasteiger partial charge in [-0.05, 0) is 58.9 Å². The summed E-state index contributed by atoms with van der Waals surface area (Å²) in [5.74, 6) is -0.105. The van der Waals surface area contributed by atoms with Crippen molar-refractivity contribution >= 4 is 33.7 Å². The topological polar surface area (TPSA) is 108 Å². The van der Waals surface area contributed by atoms with Gasteiger partial charge in [0.25, 0.3) is 5.56 Å². The van der Waals surface area contributed by atoms with Gasteiger partial charge in [0.1, 0.15) is 24.4 Å². The summed E-state index contributed by atoms with van der Waals surface area (Å²) in [6.45, 7) is 6.40.